The van der Waals surface area contributed by atoms with E-state index in [2.05, 4.69) is 36.3 Å². The molecule has 1 heterocycles. The molecule has 0 aliphatic rings. The van der Waals surface area contributed by atoms with Crippen LogP contribution in [0.15, 0.2) is 30.5 Å². The molecule has 102 valence electrons. The second-order valence-electron chi connectivity index (χ2n) is 4.89. The van der Waals surface area contributed by atoms with E-state index in [1.165, 1.54) is 19.3 Å². The van der Waals surface area contributed by atoms with E-state index in [1.807, 2.05) is 12.1 Å². The number of benzene rings is 1. The molecule has 0 radical (unpaired) electrons. The smallest absolute Gasteiger partial charge is 0.0908 e. The average molecular weight is 277 g/mol. The highest BCUT2D eigenvalue weighted by Crippen LogP contribution is 2.29. The number of anilines is 1. The molecule has 1 aromatic carbocycles. The summed E-state index contributed by atoms with van der Waals surface area (Å²) in [7, 11) is 0. The van der Waals surface area contributed by atoms with E-state index in [0.717, 1.165) is 23.0 Å². The topological polar surface area (TPSA) is 24.9 Å². The zero-order valence-electron chi connectivity index (χ0n) is 11.6. The highest BCUT2D eigenvalue weighted by molar-refractivity contribution is 6.35. The van der Waals surface area contributed by atoms with E-state index in [0.29, 0.717) is 11.1 Å². The van der Waals surface area contributed by atoms with E-state index >= 15 is 0 Å². The van der Waals surface area contributed by atoms with Gasteiger partial charge in [-0.05, 0) is 37.1 Å². The van der Waals surface area contributed by atoms with Gasteiger partial charge in [0.2, 0.25) is 0 Å². The molecule has 3 heteroatoms. The van der Waals surface area contributed by atoms with E-state index < -0.39 is 0 Å². The minimum absolute atomic E-state index is 0.518. The SMILES string of the molecule is CCCCC(CC)Nc1ccc(Cl)c2ncccc12. The number of pyridine rings is 1. The zero-order valence-corrected chi connectivity index (χ0v) is 12.4. The Kier molecular flexibility index (Phi) is 5.03. The number of rotatable bonds is 6. The third kappa shape index (κ3) is 3.38. The summed E-state index contributed by atoms with van der Waals surface area (Å²) in [5.41, 5.74) is 2.01. The van der Waals surface area contributed by atoms with Gasteiger partial charge in [0.15, 0.2) is 0 Å². The Morgan fingerprint density at radius 3 is 2.84 bits per heavy atom. The molecule has 1 N–H and O–H groups in total. The van der Waals surface area contributed by atoms with Crippen LogP contribution in [-0.2, 0) is 0 Å². The Labute approximate surface area is 120 Å². The number of halogens is 1. The number of nitrogens with zero attached hydrogens (tertiary/aromatic N) is 1. The van der Waals surface area contributed by atoms with E-state index in [1.54, 1.807) is 6.20 Å². The van der Waals surface area contributed by atoms with Crippen LogP contribution in [0.5, 0.6) is 0 Å². The number of aromatic nitrogens is 1. The molecule has 1 atom stereocenters. The third-order valence-corrected chi connectivity index (χ3v) is 3.78. The Morgan fingerprint density at radius 2 is 2.11 bits per heavy atom. The molecule has 0 bridgehead atoms. The van der Waals surface area contributed by atoms with Gasteiger partial charge in [-0.1, -0.05) is 38.3 Å². The summed E-state index contributed by atoms with van der Waals surface area (Å²) >= 11 is 6.19. The first kappa shape index (κ1) is 14.1. The lowest BCUT2D eigenvalue weighted by Crippen LogP contribution is -2.18. The molecule has 1 unspecified atom stereocenters. The van der Waals surface area contributed by atoms with Crippen molar-refractivity contribution in [3.8, 4) is 0 Å². The molecular formula is C16H21ClN2. The van der Waals surface area contributed by atoms with E-state index in [4.69, 9.17) is 11.6 Å². The Morgan fingerprint density at radius 1 is 1.26 bits per heavy atom. The number of fused-ring (bicyclic) bond motifs is 1. The summed E-state index contributed by atoms with van der Waals surface area (Å²) in [6, 6.07) is 8.52. The van der Waals surface area contributed by atoms with Crippen LogP contribution in [0.4, 0.5) is 5.69 Å². The van der Waals surface area contributed by atoms with Crippen molar-refractivity contribution in [2.24, 2.45) is 0 Å². The Balaban J connectivity index is 2.27. The first-order chi connectivity index (χ1) is 9.26. The predicted octanol–water partition coefficient (Wildman–Crippen LogP) is 5.27. The second kappa shape index (κ2) is 6.76. The summed E-state index contributed by atoms with van der Waals surface area (Å²) in [5.74, 6) is 0. The summed E-state index contributed by atoms with van der Waals surface area (Å²) in [4.78, 5) is 4.36. The van der Waals surface area contributed by atoms with Crippen molar-refractivity contribution >= 4 is 28.2 Å². The molecule has 0 aliphatic heterocycles. The van der Waals surface area contributed by atoms with Crippen molar-refractivity contribution in [3.63, 3.8) is 0 Å². The maximum absolute atomic E-state index is 6.19. The molecule has 0 aliphatic carbocycles. The first-order valence-corrected chi connectivity index (χ1v) is 7.43. The van der Waals surface area contributed by atoms with Crippen molar-refractivity contribution in [3.05, 3.63) is 35.5 Å². The standard InChI is InChI=1S/C16H21ClN2/c1-3-5-7-12(4-2)19-15-10-9-14(17)16-13(15)8-6-11-18-16/h6,8-12,19H,3-5,7H2,1-2H3. The largest absolute Gasteiger partial charge is 0.382 e. The highest BCUT2D eigenvalue weighted by Gasteiger charge is 2.09. The van der Waals surface area contributed by atoms with Crippen LogP contribution >= 0.6 is 11.6 Å². The molecule has 0 spiro atoms. The van der Waals surface area contributed by atoms with Crippen molar-refractivity contribution in [2.75, 3.05) is 5.32 Å². The molecule has 2 rings (SSSR count). The van der Waals surface area contributed by atoms with Gasteiger partial charge in [-0.2, -0.15) is 0 Å². The molecule has 2 aromatic rings. The van der Waals surface area contributed by atoms with E-state index in [-0.39, 0.29) is 0 Å². The van der Waals surface area contributed by atoms with Crippen LogP contribution in [0.3, 0.4) is 0 Å². The van der Waals surface area contributed by atoms with Gasteiger partial charge in [0.1, 0.15) is 0 Å². The number of unbranched alkanes of at least 4 members (excludes halogenated alkanes) is 1. The lowest BCUT2D eigenvalue weighted by atomic mass is 10.1. The maximum Gasteiger partial charge on any atom is 0.0908 e. The van der Waals surface area contributed by atoms with Crippen LogP contribution in [0, 0.1) is 0 Å². The first-order valence-electron chi connectivity index (χ1n) is 7.06. The maximum atomic E-state index is 6.19. The fourth-order valence-electron chi connectivity index (χ4n) is 2.31. The Bertz CT molecular complexity index is 539. The van der Waals surface area contributed by atoms with Crippen molar-refractivity contribution < 1.29 is 0 Å². The molecule has 1 aromatic heterocycles. The van der Waals surface area contributed by atoms with Gasteiger partial charge in [0.05, 0.1) is 10.5 Å². The second-order valence-corrected chi connectivity index (χ2v) is 5.29. The number of nitrogens with one attached hydrogen (secondary N) is 1. The van der Waals surface area contributed by atoms with Crippen molar-refractivity contribution in [1.29, 1.82) is 0 Å². The minimum atomic E-state index is 0.518. The van der Waals surface area contributed by atoms with Gasteiger partial charge < -0.3 is 5.32 Å². The average Bonchev–Trinajstić information content (AvgIpc) is 2.46. The predicted molar refractivity (Wildman–Crippen MR) is 84.0 cm³/mol. The van der Waals surface area contributed by atoms with Crippen LogP contribution in [0.1, 0.15) is 39.5 Å². The molecule has 2 nitrogen and oxygen atoms in total. The minimum Gasteiger partial charge on any atom is -0.382 e. The number of hydrogen-bond donors (Lipinski definition) is 1. The molecular weight excluding hydrogens is 256 g/mol. The summed E-state index contributed by atoms with van der Waals surface area (Å²) in [6.45, 7) is 4.46. The normalized spacial score (nSPS) is 12.6. The monoisotopic (exact) mass is 276 g/mol. The van der Waals surface area contributed by atoms with Crippen LogP contribution < -0.4 is 5.32 Å². The van der Waals surface area contributed by atoms with Gasteiger partial charge in [0, 0.05) is 23.3 Å². The van der Waals surface area contributed by atoms with Gasteiger partial charge in [-0.3, -0.25) is 4.98 Å². The molecule has 0 saturated carbocycles. The van der Waals surface area contributed by atoms with E-state index in [9.17, 15) is 0 Å². The Hall–Kier alpha value is -1.28. The third-order valence-electron chi connectivity index (χ3n) is 3.48. The lowest BCUT2D eigenvalue weighted by molar-refractivity contribution is 0.594. The van der Waals surface area contributed by atoms with Crippen LogP contribution in [0.25, 0.3) is 10.9 Å². The highest BCUT2D eigenvalue weighted by atomic mass is 35.5. The molecule has 0 fully saturated rings. The molecule has 0 saturated heterocycles. The zero-order chi connectivity index (χ0) is 13.7. The molecule has 19 heavy (non-hydrogen) atoms. The van der Waals surface area contributed by atoms with Crippen molar-refractivity contribution in [1.82, 2.24) is 4.98 Å². The molecule has 0 amide bonds. The van der Waals surface area contributed by atoms with Crippen molar-refractivity contribution in [2.45, 2.75) is 45.6 Å². The fourth-order valence-corrected chi connectivity index (χ4v) is 2.53. The van der Waals surface area contributed by atoms with Gasteiger partial charge in [0.25, 0.3) is 0 Å². The summed E-state index contributed by atoms with van der Waals surface area (Å²) in [5, 5.41) is 5.45. The van der Waals surface area contributed by atoms with Gasteiger partial charge in [-0.25, -0.2) is 0 Å². The van der Waals surface area contributed by atoms with Crippen LogP contribution in [-0.4, -0.2) is 11.0 Å². The fraction of sp³-hybridized carbons (Fsp3) is 0.438. The lowest BCUT2D eigenvalue weighted by Gasteiger charge is -2.19. The quantitative estimate of drug-likeness (QED) is 0.777. The summed E-state index contributed by atoms with van der Waals surface area (Å²) < 4.78 is 0. The van der Waals surface area contributed by atoms with Gasteiger partial charge >= 0.3 is 0 Å². The number of hydrogen-bond acceptors (Lipinski definition) is 2. The summed E-state index contributed by atoms with van der Waals surface area (Å²) in [6.07, 6.45) is 6.62. The van der Waals surface area contributed by atoms with Crippen LogP contribution in [0.2, 0.25) is 5.02 Å². The van der Waals surface area contributed by atoms with Gasteiger partial charge in [-0.15, -0.1) is 0 Å².